The zero-order chi connectivity index (χ0) is 27.3. The number of phenols is 1. The van der Waals surface area contributed by atoms with Gasteiger partial charge in [0.15, 0.2) is 0 Å². The molecule has 0 aromatic heterocycles. The van der Waals surface area contributed by atoms with Gasteiger partial charge in [0.05, 0.1) is 5.92 Å². The van der Waals surface area contributed by atoms with Gasteiger partial charge in [0.25, 0.3) is 0 Å². The van der Waals surface area contributed by atoms with E-state index in [0.29, 0.717) is 24.5 Å². The molecule has 3 rings (SSSR count). The van der Waals surface area contributed by atoms with Crippen LogP contribution in [-0.4, -0.2) is 38.5 Å². The molecule has 0 atom stereocenters. The van der Waals surface area contributed by atoms with Crippen molar-refractivity contribution in [3.05, 3.63) is 28.8 Å². The Balaban J connectivity index is 1.63. The van der Waals surface area contributed by atoms with Crippen LogP contribution >= 0.6 is 0 Å². The molecule has 204 valence electrons. The number of rotatable bonds is 4. The highest BCUT2D eigenvalue weighted by molar-refractivity contribution is 5.72. The summed E-state index contributed by atoms with van der Waals surface area (Å²) in [7, 11) is 0. The van der Waals surface area contributed by atoms with Gasteiger partial charge in [-0.3, -0.25) is 4.79 Å². The Morgan fingerprint density at radius 1 is 0.917 bits per heavy atom. The molecule has 0 spiro atoms. The summed E-state index contributed by atoms with van der Waals surface area (Å²) in [6, 6.07) is 4.39. The second-order valence-corrected chi connectivity index (χ2v) is 14.9. The van der Waals surface area contributed by atoms with Crippen LogP contribution in [0.25, 0.3) is 0 Å². The molecule has 1 aromatic carbocycles. The molecule has 2 fully saturated rings. The zero-order valence-electron chi connectivity index (χ0n) is 24.5. The third-order valence-corrected chi connectivity index (χ3v) is 8.37. The van der Waals surface area contributed by atoms with Gasteiger partial charge in [-0.15, -0.1) is 0 Å². The number of esters is 1. The first-order valence-corrected chi connectivity index (χ1v) is 13.9. The van der Waals surface area contributed by atoms with Crippen LogP contribution in [0.15, 0.2) is 12.1 Å². The van der Waals surface area contributed by atoms with Crippen molar-refractivity contribution >= 4 is 5.97 Å². The lowest BCUT2D eigenvalue weighted by Gasteiger charge is -2.51. The average molecular weight is 502 g/mol. The summed E-state index contributed by atoms with van der Waals surface area (Å²) in [5.41, 5.74) is 2.21. The van der Waals surface area contributed by atoms with Crippen molar-refractivity contribution in [3.63, 3.8) is 0 Å². The Hall–Kier alpha value is -1.59. The van der Waals surface area contributed by atoms with Gasteiger partial charge in [-0.05, 0) is 93.2 Å². The molecular formula is C31H51NO4. The number of piperidine rings is 1. The fraction of sp³-hybridized carbons (Fsp3) is 0.774. The maximum atomic E-state index is 13.1. The molecule has 5 heteroatoms. The summed E-state index contributed by atoms with van der Waals surface area (Å²) in [5, 5.41) is 23.0. The van der Waals surface area contributed by atoms with Crippen LogP contribution in [0.2, 0.25) is 0 Å². The van der Waals surface area contributed by atoms with Gasteiger partial charge in [0.1, 0.15) is 11.9 Å². The minimum Gasteiger partial charge on any atom is -0.507 e. The number of hydrogen-bond acceptors (Lipinski definition) is 5. The lowest BCUT2D eigenvalue weighted by molar-refractivity contribution is -0.260. The van der Waals surface area contributed by atoms with E-state index < -0.39 is 11.1 Å². The molecule has 0 bridgehead atoms. The van der Waals surface area contributed by atoms with E-state index in [1.54, 1.807) is 0 Å². The lowest BCUT2D eigenvalue weighted by atomic mass is 9.75. The van der Waals surface area contributed by atoms with E-state index in [-0.39, 0.29) is 28.8 Å². The van der Waals surface area contributed by atoms with Gasteiger partial charge in [0, 0.05) is 23.9 Å². The molecule has 1 heterocycles. The highest BCUT2D eigenvalue weighted by atomic mass is 16.5. The third-order valence-electron chi connectivity index (χ3n) is 8.37. The molecule has 1 aliphatic heterocycles. The Kier molecular flexibility index (Phi) is 8.00. The first kappa shape index (κ1) is 29.0. The van der Waals surface area contributed by atoms with Gasteiger partial charge in [-0.2, -0.15) is 5.06 Å². The maximum absolute atomic E-state index is 13.1. The zero-order valence-corrected chi connectivity index (χ0v) is 24.5. The highest BCUT2D eigenvalue weighted by Crippen LogP contribution is 2.42. The maximum Gasteiger partial charge on any atom is 0.309 e. The van der Waals surface area contributed by atoms with Gasteiger partial charge < -0.3 is 15.1 Å². The summed E-state index contributed by atoms with van der Waals surface area (Å²) >= 11 is 0. The van der Waals surface area contributed by atoms with E-state index in [9.17, 15) is 15.1 Å². The summed E-state index contributed by atoms with van der Waals surface area (Å²) in [4.78, 5) is 13.1. The predicted molar refractivity (Wildman–Crippen MR) is 146 cm³/mol. The quantitative estimate of drug-likeness (QED) is 0.424. The molecule has 0 radical (unpaired) electrons. The molecule has 0 unspecified atom stereocenters. The molecule has 1 saturated carbocycles. The van der Waals surface area contributed by atoms with Crippen LogP contribution in [0.1, 0.15) is 124 Å². The predicted octanol–water partition coefficient (Wildman–Crippen LogP) is 7.29. The van der Waals surface area contributed by atoms with Crippen LogP contribution in [-0.2, 0) is 26.8 Å². The van der Waals surface area contributed by atoms with Crippen LogP contribution in [0, 0.1) is 11.8 Å². The Labute approximate surface area is 219 Å². The smallest absolute Gasteiger partial charge is 0.309 e. The second-order valence-electron chi connectivity index (χ2n) is 14.9. The van der Waals surface area contributed by atoms with E-state index in [4.69, 9.17) is 4.74 Å². The van der Waals surface area contributed by atoms with E-state index in [1.165, 1.54) is 10.6 Å². The van der Waals surface area contributed by atoms with Crippen molar-refractivity contribution < 1.29 is 19.8 Å². The number of phenolic OH excluding ortho intramolecular Hbond substituents is 1. The first-order chi connectivity index (χ1) is 16.3. The number of nitrogens with zero attached hydrogens (tertiary/aromatic N) is 1. The van der Waals surface area contributed by atoms with Crippen LogP contribution < -0.4 is 0 Å². The number of carbonyl (C=O) groups excluding carboxylic acids is 1. The number of ether oxygens (including phenoxy) is 1. The molecule has 1 aromatic rings. The molecule has 5 nitrogen and oxygen atoms in total. The summed E-state index contributed by atoms with van der Waals surface area (Å²) in [5.74, 6) is 0.874. The highest BCUT2D eigenvalue weighted by Gasteiger charge is 2.46. The first-order valence-electron chi connectivity index (χ1n) is 13.9. The van der Waals surface area contributed by atoms with Crippen molar-refractivity contribution in [1.82, 2.24) is 5.06 Å². The number of aromatic hydroxyl groups is 1. The van der Waals surface area contributed by atoms with Crippen molar-refractivity contribution in [2.45, 2.75) is 142 Å². The monoisotopic (exact) mass is 501 g/mol. The summed E-state index contributed by atoms with van der Waals surface area (Å²) in [6.07, 6.45) is 5.86. The van der Waals surface area contributed by atoms with Crippen molar-refractivity contribution in [1.29, 1.82) is 0 Å². The van der Waals surface area contributed by atoms with Crippen LogP contribution in [0.3, 0.4) is 0 Å². The minimum absolute atomic E-state index is 0.0327. The molecule has 1 aliphatic carbocycles. The Bertz CT molecular complexity index is 889. The SMILES string of the molecule is CC(C)(C)c1cc(CC2CCC(C(=O)OC3CC(C)(C)N(O)C(C)(C)C3)CC2)cc(C(C)(C)C)c1O. The van der Waals surface area contributed by atoms with E-state index in [2.05, 4.69) is 53.7 Å². The van der Waals surface area contributed by atoms with E-state index in [0.717, 1.165) is 43.2 Å². The average Bonchev–Trinajstić information content (AvgIpc) is 2.71. The van der Waals surface area contributed by atoms with Crippen molar-refractivity contribution in [2.75, 3.05) is 0 Å². The summed E-state index contributed by atoms with van der Waals surface area (Å²) in [6.45, 7) is 20.9. The van der Waals surface area contributed by atoms with Gasteiger partial charge >= 0.3 is 5.97 Å². The van der Waals surface area contributed by atoms with Gasteiger partial charge in [-0.25, -0.2) is 0 Å². The van der Waals surface area contributed by atoms with E-state index in [1.807, 2.05) is 27.7 Å². The number of benzene rings is 1. The number of hydroxylamine groups is 2. The Morgan fingerprint density at radius 3 is 1.78 bits per heavy atom. The molecule has 36 heavy (non-hydrogen) atoms. The second kappa shape index (κ2) is 9.94. The van der Waals surface area contributed by atoms with Crippen LogP contribution in [0.4, 0.5) is 0 Å². The fourth-order valence-corrected chi connectivity index (χ4v) is 6.41. The number of hydrogen-bond donors (Lipinski definition) is 2. The summed E-state index contributed by atoms with van der Waals surface area (Å²) < 4.78 is 6.02. The molecule has 2 aliphatic rings. The number of carbonyl (C=O) groups is 1. The van der Waals surface area contributed by atoms with Gasteiger partial charge in [-0.1, -0.05) is 53.7 Å². The third kappa shape index (κ3) is 6.45. The standard InChI is InChI=1S/C31H51NO4/c1-28(2,3)24-16-21(17-25(26(24)33)29(4,5)6)15-20-11-13-22(14-12-20)27(34)36-23-18-30(7,8)32(35)31(9,10)19-23/h16-17,20,22-23,33,35H,11-15,18-19H2,1-10H3. The van der Waals surface area contributed by atoms with Gasteiger partial charge in [0.2, 0.25) is 0 Å². The molecule has 1 saturated heterocycles. The van der Waals surface area contributed by atoms with Crippen molar-refractivity contribution in [2.24, 2.45) is 11.8 Å². The van der Waals surface area contributed by atoms with E-state index >= 15 is 0 Å². The minimum atomic E-state index is -0.424. The molecule has 2 N–H and O–H groups in total. The molecule has 0 amide bonds. The van der Waals surface area contributed by atoms with Crippen LogP contribution in [0.5, 0.6) is 5.75 Å². The largest absolute Gasteiger partial charge is 0.507 e. The van der Waals surface area contributed by atoms with Crippen molar-refractivity contribution in [3.8, 4) is 5.75 Å². The fourth-order valence-electron chi connectivity index (χ4n) is 6.41. The lowest BCUT2D eigenvalue weighted by Crippen LogP contribution is -2.60. The Morgan fingerprint density at radius 2 is 1.36 bits per heavy atom. The normalized spacial score (nSPS) is 25.5. The topological polar surface area (TPSA) is 70.0 Å². The molecular weight excluding hydrogens is 450 g/mol.